The van der Waals surface area contributed by atoms with Crippen LogP contribution in [0.3, 0.4) is 0 Å². The maximum Gasteiger partial charge on any atom is 0.309 e. The van der Waals surface area contributed by atoms with Crippen molar-refractivity contribution in [1.29, 1.82) is 0 Å². The van der Waals surface area contributed by atoms with Gasteiger partial charge in [0, 0.05) is 69.0 Å². The van der Waals surface area contributed by atoms with Crippen LogP contribution in [-0.2, 0) is 14.3 Å². The van der Waals surface area contributed by atoms with E-state index < -0.39 is 11.8 Å². The minimum atomic E-state index is -0.606. The van der Waals surface area contributed by atoms with Crippen molar-refractivity contribution in [2.75, 3.05) is 70.5 Å². The number of carbonyl (C=O) groups is 2. The van der Waals surface area contributed by atoms with Crippen molar-refractivity contribution in [2.45, 2.75) is 19.0 Å². The first-order valence-electron chi connectivity index (χ1n) is 12.2. The number of piperazine rings is 1. The molecule has 0 bridgehead atoms. The summed E-state index contributed by atoms with van der Waals surface area (Å²) in [5.41, 5.74) is 1.01. The Morgan fingerprint density at radius 2 is 1.74 bits per heavy atom. The lowest BCUT2D eigenvalue weighted by Crippen LogP contribution is -2.54. The first-order valence-corrected chi connectivity index (χ1v) is 13.1. The van der Waals surface area contributed by atoms with E-state index in [2.05, 4.69) is 31.4 Å². The second-order valence-corrected chi connectivity index (χ2v) is 9.91. The van der Waals surface area contributed by atoms with E-state index in [-0.39, 0.29) is 17.9 Å². The van der Waals surface area contributed by atoms with Gasteiger partial charge >= 0.3 is 11.8 Å². The second-order valence-electron chi connectivity index (χ2n) is 8.93. The van der Waals surface area contributed by atoms with E-state index in [4.69, 9.17) is 4.74 Å². The normalized spacial score (nSPS) is 19.2. The number of ether oxygens (including phenoxy) is 1. The first-order chi connectivity index (χ1) is 17.0. The van der Waals surface area contributed by atoms with Crippen LogP contribution in [0.1, 0.15) is 17.8 Å². The van der Waals surface area contributed by atoms with E-state index in [1.54, 1.807) is 11.3 Å². The van der Waals surface area contributed by atoms with Crippen LogP contribution in [0.4, 0.5) is 10.1 Å². The number of halogens is 1. The van der Waals surface area contributed by atoms with E-state index in [9.17, 15) is 14.0 Å². The van der Waals surface area contributed by atoms with Crippen LogP contribution in [0.15, 0.2) is 41.8 Å². The Bertz CT molecular complexity index is 945. The van der Waals surface area contributed by atoms with E-state index in [0.29, 0.717) is 26.3 Å². The van der Waals surface area contributed by atoms with Crippen molar-refractivity contribution in [3.8, 4) is 0 Å². The van der Waals surface area contributed by atoms with Crippen LogP contribution in [0.25, 0.3) is 0 Å². The molecule has 1 aromatic carbocycles. The van der Waals surface area contributed by atoms with E-state index in [0.717, 1.165) is 49.8 Å². The molecule has 190 valence electrons. The first kappa shape index (κ1) is 25.6. The molecule has 2 aliphatic rings. The Kier molecular flexibility index (Phi) is 9.08. The molecule has 2 fully saturated rings. The molecule has 4 rings (SSSR count). The van der Waals surface area contributed by atoms with Crippen molar-refractivity contribution in [3.63, 3.8) is 0 Å². The monoisotopic (exact) mass is 503 g/mol. The highest BCUT2D eigenvalue weighted by atomic mass is 32.1. The highest BCUT2D eigenvalue weighted by Crippen LogP contribution is 2.30. The zero-order valence-electron chi connectivity index (χ0n) is 20.1. The van der Waals surface area contributed by atoms with Crippen molar-refractivity contribution < 1.29 is 18.7 Å². The summed E-state index contributed by atoms with van der Waals surface area (Å²) >= 11 is 1.65. The lowest BCUT2D eigenvalue weighted by molar-refractivity contribution is -0.139. The van der Waals surface area contributed by atoms with Gasteiger partial charge in [0.05, 0.1) is 19.3 Å². The summed E-state index contributed by atoms with van der Waals surface area (Å²) in [5.74, 6) is -1.44. The number of morpholine rings is 1. The van der Waals surface area contributed by atoms with Crippen LogP contribution in [0.2, 0.25) is 0 Å². The molecule has 1 aromatic heterocycles. The lowest BCUT2D eigenvalue weighted by Gasteiger charge is -2.42. The molecule has 0 radical (unpaired) electrons. The number of rotatable bonds is 8. The van der Waals surface area contributed by atoms with Crippen LogP contribution in [0, 0.1) is 5.82 Å². The van der Waals surface area contributed by atoms with Gasteiger partial charge in [0.2, 0.25) is 0 Å². The third kappa shape index (κ3) is 7.00. The average molecular weight is 504 g/mol. The fourth-order valence-corrected chi connectivity index (χ4v) is 5.66. The topological polar surface area (TPSA) is 77.1 Å². The van der Waals surface area contributed by atoms with Gasteiger partial charge in [0.25, 0.3) is 0 Å². The van der Waals surface area contributed by atoms with Crippen molar-refractivity contribution in [2.24, 2.45) is 0 Å². The Labute approximate surface area is 210 Å². The minimum absolute atomic E-state index is 0.0320. The van der Waals surface area contributed by atoms with E-state index >= 15 is 0 Å². The summed E-state index contributed by atoms with van der Waals surface area (Å²) < 4.78 is 18.6. The molecular weight excluding hydrogens is 469 g/mol. The fourth-order valence-electron chi connectivity index (χ4n) is 4.70. The predicted octanol–water partition coefficient (Wildman–Crippen LogP) is 1.70. The highest BCUT2D eigenvalue weighted by molar-refractivity contribution is 7.10. The summed E-state index contributed by atoms with van der Waals surface area (Å²) in [7, 11) is 0. The molecule has 2 aliphatic heterocycles. The van der Waals surface area contributed by atoms with Gasteiger partial charge in [-0.15, -0.1) is 11.3 Å². The van der Waals surface area contributed by atoms with Gasteiger partial charge < -0.3 is 20.3 Å². The van der Waals surface area contributed by atoms with Crippen LogP contribution >= 0.6 is 11.3 Å². The fraction of sp³-hybridized carbons (Fsp3) is 0.520. The van der Waals surface area contributed by atoms with Gasteiger partial charge in [-0.05, 0) is 42.6 Å². The number of amides is 2. The smallest absolute Gasteiger partial charge is 0.309 e. The van der Waals surface area contributed by atoms with Gasteiger partial charge in [0.15, 0.2) is 0 Å². The Morgan fingerprint density at radius 3 is 2.40 bits per heavy atom. The molecule has 10 heteroatoms. The summed E-state index contributed by atoms with van der Waals surface area (Å²) in [6, 6.07) is 10.4. The van der Waals surface area contributed by atoms with Crippen LogP contribution < -0.4 is 15.5 Å². The molecule has 0 spiro atoms. The van der Waals surface area contributed by atoms with Gasteiger partial charge in [-0.1, -0.05) is 6.07 Å². The largest absolute Gasteiger partial charge is 0.379 e. The van der Waals surface area contributed by atoms with Crippen molar-refractivity contribution in [1.82, 2.24) is 20.4 Å². The molecule has 2 N–H and O–H groups in total. The molecule has 2 aromatic rings. The highest BCUT2D eigenvalue weighted by Gasteiger charge is 2.32. The number of anilines is 1. The summed E-state index contributed by atoms with van der Waals surface area (Å²) in [6.07, 6.45) is 0. The molecular formula is C25H34FN5O3S. The Hall–Kier alpha value is -2.53. The quantitative estimate of drug-likeness (QED) is 0.534. The third-order valence-electron chi connectivity index (χ3n) is 6.59. The van der Waals surface area contributed by atoms with E-state index in [1.807, 2.05) is 30.5 Å². The Morgan fingerprint density at radius 1 is 1.03 bits per heavy atom. The maximum absolute atomic E-state index is 13.3. The SMILES string of the molecule is C[C@@H](NC(=O)C(=O)NCCN1CCOCC1)[C@@H](c1cccs1)N1CCN(c2ccc(F)cc2)CC1. The number of hydrogen-bond acceptors (Lipinski definition) is 7. The van der Waals surface area contributed by atoms with Gasteiger partial charge in [-0.2, -0.15) is 0 Å². The van der Waals surface area contributed by atoms with Gasteiger partial charge in [-0.3, -0.25) is 19.4 Å². The maximum atomic E-state index is 13.3. The molecule has 0 aliphatic carbocycles. The zero-order valence-corrected chi connectivity index (χ0v) is 20.9. The molecule has 2 amide bonds. The van der Waals surface area contributed by atoms with Crippen molar-refractivity contribution in [3.05, 3.63) is 52.5 Å². The molecule has 8 nitrogen and oxygen atoms in total. The average Bonchev–Trinajstić information content (AvgIpc) is 3.40. The molecule has 0 saturated carbocycles. The van der Waals surface area contributed by atoms with Crippen LogP contribution in [-0.4, -0.2) is 93.2 Å². The van der Waals surface area contributed by atoms with Gasteiger partial charge in [0.1, 0.15) is 5.82 Å². The summed E-state index contributed by atoms with van der Waals surface area (Å²) in [6.45, 7) is 9.38. The number of benzene rings is 1. The standard InChI is InChI=1S/C25H34FN5O3S/c1-19(28-25(33)24(32)27-8-9-29-14-16-34-17-15-29)23(22-3-2-18-35-22)31-12-10-30(11-13-31)21-6-4-20(26)5-7-21/h2-7,18-19,23H,8-17H2,1H3,(H,27,32)(H,28,33)/t19-,23+/m1/s1. The second kappa shape index (κ2) is 12.4. The zero-order chi connectivity index (χ0) is 24.6. The molecule has 2 saturated heterocycles. The third-order valence-corrected chi connectivity index (χ3v) is 7.53. The molecule has 35 heavy (non-hydrogen) atoms. The van der Waals surface area contributed by atoms with E-state index in [1.165, 1.54) is 12.1 Å². The molecule has 2 atom stereocenters. The number of nitrogens with one attached hydrogen (secondary N) is 2. The lowest BCUT2D eigenvalue weighted by atomic mass is 10.0. The summed E-state index contributed by atoms with van der Waals surface area (Å²) in [5, 5.41) is 7.70. The van der Waals surface area contributed by atoms with Gasteiger partial charge in [-0.25, -0.2) is 4.39 Å². The number of carbonyl (C=O) groups excluding carboxylic acids is 2. The van der Waals surface area contributed by atoms with Crippen LogP contribution in [0.5, 0.6) is 0 Å². The number of hydrogen-bond donors (Lipinski definition) is 2. The predicted molar refractivity (Wildman–Crippen MR) is 135 cm³/mol. The number of thiophene rings is 1. The minimum Gasteiger partial charge on any atom is -0.379 e. The molecule has 0 unspecified atom stereocenters. The van der Waals surface area contributed by atoms with Crippen molar-refractivity contribution >= 4 is 28.8 Å². The molecule has 3 heterocycles. The number of nitrogens with zero attached hydrogens (tertiary/aromatic N) is 3. The summed E-state index contributed by atoms with van der Waals surface area (Å²) in [4.78, 5) is 33.0. The Balaban J connectivity index is 1.30.